The number of hydrogen-bond acceptors (Lipinski definition) is 5. The summed E-state index contributed by atoms with van der Waals surface area (Å²) >= 11 is 7.94. The van der Waals surface area contributed by atoms with Crippen molar-refractivity contribution in [1.29, 1.82) is 0 Å². The van der Waals surface area contributed by atoms with Crippen molar-refractivity contribution >= 4 is 40.3 Å². The van der Waals surface area contributed by atoms with E-state index in [0.717, 1.165) is 33.0 Å². The summed E-state index contributed by atoms with van der Waals surface area (Å²) in [6.07, 6.45) is 0. The maximum Gasteiger partial charge on any atom is 0.314 e. The van der Waals surface area contributed by atoms with Crippen LogP contribution in [0, 0.1) is 6.92 Å². The predicted octanol–water partition coefficient (Wildman–Crippen LogP) is 5.36. The van der Waals surface area contributed by atoms with Gasteiger partial charge in [-0.1, -0.05) is 29.8 Å². The highest BCUT2D eigenvalue weighted by atomic mass is 35.5. The molecule has 0 radical (unpaired) electrons. The van der Waals surface area contributed by atoms with Gasteiger partial charge in [-0.05, 0) is 73.3 Å². The smallest absolute Gasteiger partial charge is 0.314 e. The van der Waals surface area contributed by atoms with E-state index < -0.39 is 11.1 Å². The second-order valence-electron chi connectivity index (χ2n) is 6.93. The molecular weight excluding hydrogens is 434 g/mol. The number of fused-ring (bicyclic) bond motifs is 1. The molecule has 0 bridgehead atoms. The van der Waals surface area contributed by atoms with E-state index in [1.54, 1.807) is 0 Å². The zero-order valence-electron chi connectivity index (χ0n) is 16.9. The molecule has 1 aromatic heterocycles. The monoisotopic (exact) mass is 453 g/mol. The summed E-state index contributed by atoms with van der Waals surface area (Å²) in [5, 5.41) is 0.631. The summed E-state index contributed by atoms with van der Waals surface area (Å²) < 4.78 is 8.77. The minimum atomic E-state index is -0.670. The molecule has 158 valence electrons. The fourth-order valence-corrected chi connectivity index (χ4v) is 4.23. The maximum absolute atomic E-state index is 11.6. The van der Waals surface area contributed by atoms with E-state index in [4.69, 9.17) is 16.3 Å². The van der Waals surface area contributed by atoms with Gasteiger partial charge in [0.05, 0.1) is 22.7 Å². The highest BCUT2D eigenvalue weighted by Crippen LogP contribution is 2.33. The molecule has 0 aliphatic heterocycles. The van der Waals surface area contributed by atoms with Crippen LogP contribution < -0.4 is 20.6 Å². The Hall–Kier alpha value is -3.16. The van der Waals surface area contributed by atoms with Crippen LogP contribution in [0.25, 0.3) is 22.2 Å². The minimum Gasteiger partial charge on any atom is -0.494 e. The second kappa shape index (κ2) is 8.91. The molecule has 4 aromatic rings. The summed E-state index contributed by atoms with van der Waals surface area (Å²) in [4.78, 5) is 29.2. The Kier molecular flexibility index (Phi) is 6.06. The van der Waals surface area contributed by atoms with Crippen molar-refractivity contribution in [2.75, 3.05) is 11.3 Å². The van der Waals surface area contributed by atoms with Crippen LogP contribution in [0.2, 0.25) is 5.02 Å². The third kappa shape index (κ3) is 4.62. The summed E-state index contributed by atoms with van der Waals surface area (Å²) in [5.41, 5.74) is 3.59. The molecule has 0 aliphatic rings. The third-order valence-corrected chi connectivity index (χ3v) is 6.05. The normalized spacial score (nSPS) is 10.9. The maximum atomic E-state index is 11.6. The number of nitrogens with one attached hydrogen (secondary N) is 3. The number of hydrogen-bond donors (Lipinski definition) is 3. The van der Waals surface area contributed by atoms with Gasteiger partial charge in [0.25, 0.3) is 0 Å². The van der Waals surface area contributed by atoms with Gasteiger partial charge in [-0.2, -0.15) is 0 Å². The SMILES string of the molecule is CCOc1ccc(-c2ccc(NSc3cc4[nH]c(=O)c(=O)[nH]c4cc3C)cc2Cl)cc1. The lowest BCUT2D eigenvalue weighted by Crippen LogP contribution is -2.28. The summed E-state index contributed by atoms with van der Waals surface area (Å²) in [6, 6.07) is 17.3. The second-order valence-corrected chi connectivity index (χ2v) is 8.18. The molecule has 0 fully saturated rings. The van der Waals surface area contributed by atoms with E-state index in [0.29, 0.717) is 22.7 Å². The number of aromatic amines is 2. The molecule has 0 saturated heterocycles. The molecule has 4 rings (SSSR count). The summed E-state index contributed by atoms with van der Waals surface area (Å²) in [6.45, 7) is 4.52. The van der Waals surface area contributed by atoms with E-state index in [-0.39, 0.29) is 0 Å². The van der Waals surface area contributed by atoms with Crippen LogP contribution in [0.1, 0.15) is 12.5 Å². The van der Waals surface area contributed by atoms with Crippen molar-refractivity contribution in [2.45, 2.75) is 18.7 Å². The van der Waals surface area contributed by atoms with Gasteiger partial charge in [-0.3, -0.25) is 9.59 Å². The number of aromatic nitrogens is 2. The molecule has 0 spiro atoms. The van der Waals surface area contributed by atoms with Crippen LogP contribution in [-0.4, -0.2) is 16.6 Å². The summed E-state index contributed by atoms with van der Waals surface area (Å²) in [7, 11) is 0. The first-order valence-electron chi connectivity index (χ1n) is 9.67. The van der Waals surface area contributed by atoms with Gasteiger partial charge in [-0.25, -0.2) is 0 Å². The standard InChI is InChI=1S/C23H20ClN3O3S/c1-3-30-16-7-4-14(5-8-16)17-9-6-15(11-18(17)24)27-31-21-12-20-19(10-13(21)2)25-22(28)23(29)26-20/h4-12,27H,3H2,1-2H3,(H,25,28)(H,26,29). The zero-order valence-corrected chi connectivity index (χ0v) is 18.5. The fraction of sp³-hybridized carbons (Fsp3) is 0.130. The highest BCUT2D eigenvalue weighted by Gasteiger charge is 2.08. The molecule has 0 atom stereocenters. The number of aryl methyl sites for hydroxylation is 1. The van der Waals surface area contributed by atoms with E-state index in [1.165, 1.54) is 11.9 Å². The molecule has 0 amide bonds. The number of rotatable bonds is 6. The van der Waals surface area contributed by atoms with Crippen LogP contribution in [0.4, 0.5) is 5.69 Å². The van der Waals surface area contributed by atoms with Crippen molar-refractivity contribution in [2.24, 2.45) is 0 Å². The van der Waals surface area contributed by atoms with Crippen LogP contribution in [0.5, 0.6) is 5.75 Å². The van der Waals surface area contributed by atoms with Gasteiger partial charge in [0.15, 0.2) is 0 Å². The van der Waals surface area contributed by atoms with Gasteiger partial charge in [0.2, 0.25) is 0 Å². The third-order valence-electron chi connectivity index (χ3n) is 4.74. The average Bonchev–Trinajstić information content (AvgIpc) is 2.75. The molecule has 3 aromatic carbocycles. The van der Waals surface area contributed by atoms with Crippen LogP contribution >= 0.6 is 23.5 Å². The Bertz CT molecular complexity index is 1360. The Morgan fingerprint density at radius 2 is 1.65 bits per heavy atom. The largest absolute Gasteiger partial charge is 0.494 e. The molecule has 1 heterocycles. The molecule has 31 heavy (non-hydrogen) atoms. The van der Waals surface area contributed by atoms with Gasteiger partial charge in [-0.15, -0.1) is 0 Å². The summed E-state index contributed by atoms with van der Waals surface area (Å²) in [5.74, 6) is 0.827. The topological polar surface area (TPSA) is 87.0 Å². The fourth-order valence-electron chi connectivity index (χ4n) is 3.19. The molecule has 8 heteroatoms. The van der Waals surface area contributed by atoms with Crippen LogP contribution in [0.15, 0.2) is 69.1 Å². The quantitative estimate of drug-likeness (QED) is 0.270. The lowest BCUT2D eigenvalue weighted by molar-refractivity contribution is 0.340. The number of benzene rings is 3. The van der Waals surface area contributed by atoms with Crippen molar-refractivity contribution in [1.82, 2.24) is 9.97 Å². The lowest BCUT2D eigenvalue weighted by Gasteiger charge is -2.12. The molecular formula is C23H20ClN3O3S. The predicted molar refractivity (Wildman–Crippen MR) is 127 cm³/mol. The van der Waals surface area contributed by atoms with E-state index in [2.05, 4.69) is 14.7 Å². The van der Waals surface area contributed by atoms with E-state index in [1.807, 2.05) is 68.4 Å². The Morgan fingerprint density at radius 3 is 2.29 bits per heavy atom. The Labute approximate surface area is 187 Å². The van der Waals surface area contributed by atoms with Crippen LogP contribution in [-0.2, 0) is 0 Å². The molecule has 3 N–H and O–H groups in total. The molecule has 6 nitrogen and oxygen atoms in total. The Morgan fingerprint density at radius 1 is 0.968 bits per heavy atom. The van der Waals surface area contributed by atoms with Gasteiger partial charge in [0, 0.05) is 16.1 Å². The van der Waals surface area contributed by atoms with Gasteiger partial charge in [0.1, 0.15) is 5.75 Å². The molecule has 0 unspecified atom stereocenters. The van der Waals surface area contributed by atoms with Gasteiger partial charge >= 0.3 is 11.1 Å². The van der Waals surface area contributed by atoms with Crippen molar-refractivity contribution < 1.29 is 4.74 Å². The van der Waals surface area contributed by atoms with E-state index in [9.17, 15) is 9.59 Å². The van der Waals surface area contributed by atoms with Gasteiger partial charge < -0.3 is 19.4 Å². The van der Waals surface area contributed by atoms with Crippen LogP contribution in [0.3, 0.4) is 0 Å². The van der Waals surface area contributed by atoms with E-state index >= 15 is 0 Å². The number of ether oxygens (including phenoxy) is 1. The number of halogens is 1. The first kappa shape index (κ1) is 21.1. The molecule has 0 saturated carbocycles. The van der Waals surface area contributed by atoms with Crippen molar-refractivity contribution in [3.05, 3.63) is 85.9 Å². The minimum absolute atomic E-state index is 0.573. The zero-order chi connectivity index (χ0) is 22.0. The highest BCUT2D eigenvalue weighted by molar-refractivity contribution is 8.00. The first-order valence-corrected chi connectivity index (χ1v) is 10.9. The van der Waals surface area contributed by atoms with Crippen molar-refractivity contribution in [3.63, 3.8) is 0 Å². The average molecular weight is 454 g/mol. The molecule has 0 aliphatic carbocycles. The number of H-pyrrole nitrogens is 2. The Balaban J connectivity index is 1.53. The number of anilines is 1. The van der Waals surface area contributed by atoms with Crippen molar-refractivity contribution in [3.8, 4) is 16.9 Å². The lowest BCUT2D eigenvalue weighted by atomic mass is 10.1. The first-order chi connectivity index (χ1) is 14.9.